The lowest BCUT2D eigenvalue weighted by molar-refractivity contribution is -0.187. The zero-order chi connectivity index (χ0) is 17.7. The summed E-state index contributed by atoms with van der Waals surface area (Å²) < 4.78 is 38.3. The molecule has 1 fully saturated rings. The maximum absolute atomic E-state index is 12.8. The van der Waals surface area contributed by atoms with Crippen molar-refractivity contribution in [2.24, 2.45) is 5.92 Å². The van der Waals surface area contributed by atoms with Crippen molar-refractivity contribution in [1.82, 2.24) is 10.2 Å². The summed E-state index contributed by atoms with van der Waals surface area (Å²) in [6.45, 7) is 0.845. The second-order valence-corrected chi connectivity index (χ2v) is 6.45. The number of nitrogens with one attached hydrogen (secondary N) is 1. The maximum atomic E-state index is 12.8. The number of carbonyl (C=O) groups excluding carboxylic acids is 1. The van der Waals surface area contributed by atoms with E-state index in [0.29, 0.717) is 19.5 Å². The molecular weight excluding hydrogens is 319 g/mol. The number of rotatable bonds is 5. The van der Waals surface area contributed by atoms with Gasteiger partial charge in [-0.3, -0.25) is 9.69 Å². The molecule has 1 atom stereocenters. The number of carbonyl (C=O) groups is 1. The highest BCUT2D eigenvalue weighted by Gasteiger charge is 2.41. The van der Waals surface area contributed by atoms with Gasteiger partial charge >= 0.3 is 6.18 Å². The van der Waals surface area contributed by atoms with Crippen LogP contribution in [-0.4, -0.2) is 50.7 Å². The summed E-state index contributed by atoms with van der Waals surface area (Å²) in [5.74, 6) is -1.56. The first kappa shape index (κ1) is 18.6. The van der Waals surface area contributed by atoms with E-state index in [1.54, 1.807) is 4.90 Å². The monoisotopic (exact) mass is 343 g/mol. The molecule has 1 aromatic carbocycles. The van der Waals surface area contributed by atoms with Gasteiger partial charge in [0.25, 0.3) is 0 Å². The molecule has 1 N–H and O–H groups in total. The molecule has 1 unspecified atom stereocenters. The number of amides is 1. The lowest BCUT2D eigenvalue weighted by Crippen LogP contribution is -2.45. The van der Waals surface area contributed by atoms with E-state index < -0.39 is 12.1 Å². The van der Waals surface area contributed by atoms with Crippen molar-refractivity contribution in [3.05, 3.63) is 29.8 Å². The van der Waals surface area contributed by atoms with Gasteiger partial charge in [0.05, 0.1) is 12.5 Å². The topological polar surface area (TPSA) is 35.6 Å². The summed E-state index contributed by atoms with van der Waals surface area (Å²) in [6, 6.07) is 7.77. The number of likely N-dealkylation sites (tertiary alicyclic amines) is 1. The molecule has 1 saturated heterocycles. The molecule has 1 amide bonds. The molecule has 0 saturated carbocycles. The molecule has 24 heavy (non-hydrogen) atoms. The Kier molecular flexibility index (Phi) is 6.10. The second-order valence-electron chi connectivity index (χ2n) is 6.45. The van der Waals surface area contributed by atoms with Gasteiger partial charge in [-0.2, -0.15) is 13.2 Å². The number of hydrogen-bond acceptors (Lipinski definition) is 3. The van der Waals surface area contributed by atoms with Gasteiger partial charge in [0.15, 0.2) is 0 Å². The number of halogens is 3. The van der Waals surface area contributed by atoms with Crippen LogP contribution >= 0.6 is 0 Å². The normalized spacial score (nSPS) is 19.1. The third-order valence-corrected chi connectivity index (χ3v) is 4.28. The number of benzene rings is 1. The molecule has 2 rings (SSSR count). The predicted molar refractivity (Wildman–Crippen MR) is 87.8 cm³/mol. The summed E-state index contributed by atoms with van der Waals surface area (Å²) in [5, 5.41) is 2.77. The molecule has 4 nitrogen and oxygen atoms in total. The summed E-state index contributed by atoms with van der Waals surface area (Å²) in [7, 11) is 3.90. The van der Waals surface area contributed by atoms with Crippen LogP contribution in [0.3, 0.4) is 0 Å². The van der Waals surface area contributed by atoms with Crippen LogP contribution in [0.5, 0.6) is 0 Å². The lowest BCUT2D eigenvalue weighted by Gasteiger charge is -2.33. The van der Waals surface area contributed by atoms with Gasteiger partial charge in [-0.1, -0.05) is 12.1 Å². The van der Waals surface area contributed by atoms with Crippen molar-refractivity contribution in [3.63, 3.8) is 0 Å². The van der Waals surface area contributed by atoms with Gasteiger partial charge in [-0.15, -0.1) is 0 Å². The van der Waals surface area contributed by atoms with Crippen LogP contribution in [0.25, 0.3) is 0 Å². The summed E-state index contributed by atoms with van der Waals surface area (Å²) in [5.41, 5.74) is 2.03. The summed E-state index contributed by atoms with van der Waals surface area (Å²) >= 11 is 0. The van der Waals surface area contributed by atoms with Crippen molar-refractivity contribution < 1.29 is 18.0 Å². The standard InChI is InChI=1S/C17H24F3N3O/c1-22(2)15-7-5-13(6-8-15)10-21-16(24)12-23-9-3-4-14(11-23)17(18,19)20/h5-8,14H,3-4,9-12H2,1-2H3,(H,21,24). The zero-order valence-electron chi connectivity index (χ0n) is 14.1. The van der Waals surface area contributed by atoms with E-state index in [0.717, 1.165) is 11.3 Å². The number of nitrogens with zero attached hydrogens (tertiary/aromatic N) is 2. The minimum absolute atomic E-state index is 0.0162. The second kappa shape index (κ2) is 7.88. The van der Waals surface area contributed by atoms with Gasteiger partial charge in [0.1, 0.15) is 0 Å². The minimum Gasteiger partial charge on any atom is -0.378 e. The van der Waals surface area contributed by atoms with E-state index in [4.69, 9.17) is 0 Å². The quantitative estimate of drug-likeness (QED) is 0.893. The Morgan fingerprint density at radius 1 is 1.29 bits per heavy atom. The molecule has 1 aromatic rings. The van der Waals surface area contributed by atoms with Crippen LogP contribution in [-0.2, 0) is 11.3 Å². The fourth-order valence-corrected chi connectivity index (χ4v) is 2.84. The Labute approximate surface area is 140 Å². The van der Waals surface area contributed by atoms with Crippen LogP contribution in [0.15, 0.2) is 24.3 Å². The van der Waals surface area contributed by atoms with Crippen LogP contribution in [0.1, 0.15) is 18.4 Å². The highest BCUT2D eigenvalue weighted by molar-refractivity contribution is 5.78. The number of anilines is 1. The van der Waals surface area contributed by atoms with Crippen LogP contribution in [0, 0.1) is 5.92 Å². The Hall–Kier alpha value is -1.76. The number of piperidine rings is 1. The lowest BCUT2D eigenvalue weighted by atomic mass is 9.97. The highest BCUT2D eigenvalue weighted by Crippen LogP contribution is 2.32. The van der Waals surface area contributed by atoms with Gasteiger partial charge in [0, 0.05) is 32.9 Å². The molecule has 0 bridgehead atoms. The Morgan fingerprint density at radius 2 is 1.96 bits per heavy atom. The van der Waals surface area contributed by atoms with Crippen molar-refractivity contribution >= 4 is 11.6 Å². The van der Waals surface area contributed by atoms with E-state index in [9.17, 15) is 18.0 Å². The van der Waals surface area contributed by atoms with Gasteiger partial charge < -0.3 is 10.2 Å². The third-order valence-electron chi connectivity index (χ3n) is 4.28. The van der Waals surface area contributed by atoms with Crippen molar-refractivity contribution in [3.8, 4) is 0 Å². The minimum atomic E-state index is -4.18. The largest absolute Gasteiger partial charge is 0.393 e. The first-order valence-electron chi connectivity index (χ1n) is 8.07. The summed E-state index contributed by atoms with van der Waals surface area (Å²) in [4.78, 5) is 15.5. The van der Waals surface area contributed by atoms with Gasteiger partial charge in [-0.05, 0) is 37.1 Å². The predicted octanol–water partition coefficient (Wildman–Crippen LogP) is 2.64. The van der Waals surface area contributed by atoms with E-state index >= 15 is 0 Å². The van der Waals surface area contributed by atoms with Crippen molar-refractivity contribution in [1.29, 1.82) is 0 Å². The van der Waals surface area contributed by atoms with Crippen molar-refractivity contribution in [2.45, 2.75) is 25.6 Å². The fraction of sp³-hybridized carbons (Fsp3) is 0.588. The molecule has 1 aliphatic heterocycles. The smallest absolute Gasteiger partial charge is 0.378 e. The Morgan fingerprint density at radius 3 is 2.54 bits per heavy atom. The molecule has 0 radical (unpaired) electrons. The van der Waals surface area contributed by atoms with Crippen molar-refractivity contribution in [2.75, 3.05) is 38.6 Å². The van der Waals surface area contributed by atoms with Gasteiger partial charge in [-0.25, -0.2) is 0 Å². The average Bonchev–Trinajstić information content (AvgIpc) is 2.53. The van der Waals surface area contributed by atoms with E-state index in [1.807, 2.05) is 43.3 Å². The molecule has 0 aromatic heterocycles. The molecule has 7 heteroatoms. The molecule has 1 heterocycles. The van der Waals surface area contributed by atoms with Gasteiger partial charge in [0.2, 0.25) is 5.91 Å². The third kappa shape index (κ3) is 5.40. The molecule has 134 valence electrons. The maximum Gasteiger partial charge on any atom is 0.393 e. The van der Waals surface area contributed by atoms with E-state index in [1.165, 1.54) is 0 Å². The zero-order valence-corrected chi connectivity index (χ0v) is 14.1. The van der Waals surface area contributed by atoms with Crippen LogP contribution < -0.4 is 10.2 Å². The average molecular weight is 343 g/mol. The fourth-order valence-electron chi connectivity index (χ4n) is 2.84. The number of alkyl halides is 3. The Bertz CT molecular complexity index is 543. The van der Waals surface area contributed by atoms with Crippen LogP contribution in [0.2, 0.25) is 0 Å². The number of hydrogen-bond donors (Lipinski definition) is 1. The highest BCUT2D eigenvalue weighted by atomic mass is 19.4. The molecular formula is C17H24F3N3O. The Balaban J connectivity index is 1.78. The summed E-state index contributed by atoms with van der Waals surface area (Å²) in [6.07, 6.45) is -3.55. The molecule has 1 aliphatic rings. The van der Waals surface area contributed by atoms with E-state index in [-0.39, 0.29) is 25.4 Å². The molecule has 0 spiro atoms. The van der Waals surface area contributed by atoms with Crippen LogP contribution in [0.4, 0.5) is 18.9 Å². The SMILES string of the molecule is CN(C)c1ccc(CNC(=O)CN2CCCC(C(F)(F)F)C2)cc1. The van der Waals surface area contributed by atoms with E-state index in [2.05, 4.69) is 5.32 Å². The molecule has 0 aliphatic carbocycles. The first-order chi connectivity index (χ1) is 11.3. The first-order valence-corrected chi connectivity index (χ1v) is 8.07.